The van der Waals surface area contributed by atoms with E-state index in [-0.39, 0.29) is 11.7 Å². The first-order valence-electron chi connectivity index (χ1n) is 7.41. The van der Waals surface area contributed by atoms with Gasteiger partial charge in [-0.15, -0.1) is 0 Å². The van der Waals surface area contributed by atoms with E-state index in [1.165, 1.54) is 13.2 Å². The monoisotopic (exact) mass is 316 g/mol. The normalized spacial score (nSPS) is 17.4. The van der Waals surface area contributed by atoms with Crippen molar-refractivity contribution in [3.63, 3.8) is 0 Å². The molecule has 0 spiro atoms. The molecule has 0 bridgehead atoms. The van der Waals surface area contributed by atoms with Crippen molar-refractivity contribution in [1.29, 1.82) is 5.26 Å². The number of ether oxygens (including phenoxy) is 3. The summed E-state index contributed by atoms with van der Waals surface area (Å²) in [5.41, 5.74) is 0.616. The van der Waals surface area contributed by atoms with Gasteiger partial charge >= 0.3 is 0 Å². The standard InChI is InChI=1S/C17H20N2O4/c1-21-14-5-6-16(22-2)12(9-14)8-13(10-18)17(20)19-11-15-4-3-7-23-15/h5-6,8-9,15H,3-4,7,11H2,1-2H3,(H,19,20)/b13-8-. The minimum atomic E-state index is -0.423. The molecule has 1 fully saturated rings. The molecule has 0 aliphatic carbocycles. The van der Waals surface area contributed by atoms with Crippen LogP contribution in [0.1, 0.15) is 18.4 Å². The molecule has 2 rings (SSSR count). The predicted octanol–water partition coefficient (Wildman–Crippen LogP) is 1.91. The minimum absolute atomic E-state index is 0.00884. The Morgan fingerprint density at radius 1 is 1.48 bits per heavy atom. The molecule has 6 heteroatoms. The number of hydrogen-bond acceptors (Lipinski definition) is 5. The van der Waals surface area contributed by atoms with Crippen LogP contribution in [0.25, 0.3) is 6.08 Å². The summed E-state index contributed by atoms with van der Waals surface area (Å²) in [4.78, 5) is 12.2. The van der Waals surface area contributed by atoms with Gasteiger partial charge in [-0.1, -0.05) is 0 Å². The van der Waals surface area contributed by atoms with E-state index in [2.05, 4.69) is 5.32 Å². The maximum absolute atomic E-state index is 12.2. The van der Waals surface area contributed by atoms with Crippen LogP contribution in [0.2, 0.25) is 0 Å². The number of carbonyl (C=O) groups is 1. The van der Waals surface area contributed by atoms with Gasteiger partial charge in [0.25, 0.3) is 5.91 Å². The van der Waals surface area contributed by atoms with E-state index in [1.54, 1.807) is 25.3 Å². The van der Waals surface area contributed by atoms with Crippen molar-refractivity contribution in [3.05, 3.63) is 29.3 Å². The maximum atomic E-state index is 12.2. The van der Waals surface area contributed by atoms with Crippen LogP contribution in [0, 0.1) is 11.3 Å². The Morgan fingerprint density at radius 3 is 2.91 bits per heavy atom. The molecule has 1 saturated heterocycles. The van der Waals surface area contributed by atoms with Crippen molar-refractivity contribution in [2.75, 3.05) is 27.4 Å². The summed E-state index contributed by atoms with van der Waals surface area (Å²) in [5.74, 6) is 0.757. The van der Waals surface area contributed by atoms with Gasteiger partial charge < -0.3 is 19.5 Å². The molecule has 1 aromatic rings. The van der Waals surface area contributed by atoms with Crippen molar-refractivity contribution in [2.45, 2.75) is 18.9 Å². The number of hydrogen-bond donors (Lipinski definition) is 1. The average molecular weight is 316 g/mol. The highest BCUT2D eigenvalue weighted by atomic mass is 16.5. The number of rotatable bonds is 6. The van der Waals surface area contributed by atoms with E-state index in [4.69, 9.17) is 14.2 Å². The second kappa shape index (κ2) is 8.20. The van der Waals surface area contributed by atoms with Crippen molar-refractivity contribution >= 4 is 12.0 Å². The van der Waals surface area contributed by atoms with Crippen molar-refractivity contribution in [2.24, 2.45) is 0 Å². The molecule has 0 radical (unpaired) electrons. The van der Waals surface area contributed by atoms with Crippen LogP contribution in [-0.2, 0) is 9.53 Å². The summed E-state index contributed by atoms with van der Waals surface area (Å²) in [5, 5.41) is 12.0. The molecule has 0 aromatic heterocycles. The van der Waals surface area contributed by atoms with Crippen LogP contribution < -0.4 is 14.8 Å². The highest BCUT2D eigenvalue weighted by molar-refractivity contribution is 6.02. The van der Waals surface area contributed by atoms with E-state index < -0.39 is 5.91 Å². The molecule has 1 atom stereocenters. The summed E-state index contributed by atoms with van der Waals surface area (Å²) in [6.07, 6.45) is 3.45. The third-order valence-electron chi connectivity index (χ3n) is 3.62. The van der Waals surface area contributed by atoms with Crippen molar-refractivity contribution in [3.8, 4) is 17.6 Å². The lowest BCUT2D eigenvalue weighted by Crippen LogP contribution is -2.32. The van der Waals surface area contributed by atoms with E-state index in [1.807, 2.05) is 6.07 Å². The Morgan fingerprint density at radius 2 is 2.30 bits per heavy atom. The Kier molecular flexibility index (Phi) is 6.01. The lowest BCUT2D eigenvalue weighted by atomic mass is 10.1. The van der Waals surface area contributed by atoms with Crippen LogP contribution in [0.5, 0.6) is 11.5 Å². The summed E-state index contributed by atoms with van der Waals surface area (Å²) in [6, 6.07) is 7.11. The van der Waals surface area contributed by atoms with E-state index in [0.717, 1.165) is 19.4 Å². The first-order chi connectivity index (χ1) is 11.2. The molecule has 1 amide bonds. The molecule has 122 valence electrons. The lowest BCUT2D eigenvalue weighted by molar-refractivity contribution is -0.117. The highest BCUT2D eigenvalue weighted by Gasteiger charge is 2.18. The smallest absolute Gasteiger partial charge is 0.262 e. The van der Waals surface area contributed by atoms with Crippen molar-refractivity contribution < 1.29 is 19.0 Å². The van der Waals surface area contributed by atoms with Gasteiger partial charge in [-0.3, -0.25) is 4.79 Å². The summed E-state index contributed by atoms with van der Waals surface area (Å²) < 4.78 is 15.9. The van der Waals surface area contributed by atoms with Gasteiger partial charge in [0.1, 0.15) is 23.1 Å². The molecule has 1 N–H and O–H groups in total. The zero-order valence-electron chi connectivity index (χ0n) is 13.3. The Balaban J connectivity index is 2.13. The van der Waals surface area contributed by atoms with Gasteiger partial charge in [0, 0.05) is 18.7 Å². The second-order valence-corrected chi connectivity index (χ2v) is 5.12. The van der Waals surface area contributed by atoms with Crippen LogP contribution in [0.15, 0.2) is 23.8 Å². The van der Waals surface area contributed by atoms with Crippen molar-refractivity contribution in [1.82, 2.24) is 5.32 Å². The van der Waals surface area contributed by atoms with Crippen LogP contribution in [0.4, 0.5) is 0 Å². The third kappa shape index (κ3) is 4.47. The first kappa shape index (κ1) is 16.8. The number of amides is 1. The first-order valence-corrected chi connectivity index (χ1v) is 7.41. The fraction of sp³-hybridized carbons (Fsp3) is 0.412. The number of nitriles is 1. The van der Waals surface area contributed by atoms with Gasteiger partial charge in [0.15, 0.2) is 0 Å². The number of nitrogens with one attached hydrogen (secondary N) is 1. The summed E-state index contributed by atoms with van der Waals surface area (Å²) in [6.45, 7) is 1.13. The molecule has 23 heavy (non-hydrogen) atoms. The largest absolute Gasteiger partial charge is 0.497 e. The van der Waals surface area contributed by atoms with Gasteiger partial charge in [-0.25, -0.2) is 0 Å². The molecule has 1 unspecified atom stereocenters. The SMILES string of the molecule is COc1ccc(OC)c(/C=C(/C#N)C(=O)NCC2CCCO2)c1. The fourth-order valence-corrected chi connectivity index (χ4v) is 2.36. The minimum Gasteiger partial charge on any atom is -0.497 e. The molecule has 1 aromatic carbocycles. The van der Waals surface area contributed by atoms with Crippen LogP contribution in [0.3, 0.4) is 0 Å². The molecule has 1 heterocycles. The number of carbonyl (C=O) groups excluding carboxylic acids is 1. The molecule has 6 nitrogen and oxygen atoms in total. The zero-order chi connectivity index (χ0) is 16.7. The molecule has 0 saturated carbocycles. The quantitative estimate of drug-likeness (QED) is 0.640. The maximum Gasteiger partial charge on any atom is 0.262 e. The van der Waals surface area contributed by atoms with Crippen LogP contribution in [-0.4, -0.2) is 39.4 Å². The number of benzene rings is 1. The Labute approximate surface area is 135 Å². The number of methoxy groups -OCH3 is 2. The second-order valence-electron chi connectivity index (χ2n) is 5.12. The Hall–Kier alpha value is -2.52. The summed E-state index contributed by atoms with van der Waals surface area (Å²) in [7, 11) is 3.08. The molecule has 1 aliphatic heterocycles. The van der Waals surface area contributed by atoms with E-state index in [0.29, 0.717) is 23.6 Å². The summed E-state index contributed by atoms with van der Waals surface area (Å²) >= 11 is 0. The average Bonchev–Trinajstić information content (AvgIpc) is 3.10. The topological polar surface area (TPSA) is 80.6 Å². The molecular weight excluding hydrogens is 296 g/mol. The molecule has 1 aliphatic rings. The van der Waals surface area contributed by atoms with Gasteiger partial charge in [0.2, 0.25) is 0 Å². The van der Waals surface area contributed by atoms with E-state index in [9.17, 15) is 10.1 Å². The van der Waals surface area contributed by atoms with Gasteiger partial charge in [0.05, 0.1) is 20.3 Å². The highest BCUT2D eigenvalue weighted by Crippen LogP contribution is 2.26. The number of nitrogens with zero attached hydrogens (tertiary/aromatic N) is 1. The predicted molar refractivity (Wildman–Crippen MR) is 85.1 cm³/mol. The van der Waals surface area contributed by atoms with E-state index >= 15 is 0 Å². The third-order valence-corrected chi connectivity index (χ3v) is 3.62. The zero-order valence-corrected chi connectivity index (χ0v) is 13.3. The van der Waals surface area contributed by atoms with Gasteiger partial charge in [-0.05, 0) is 37.1 Å². The fourth-order valence-electron chi connectivity index (χ4n) is 2.36. The lowest BCUT2D eigenvalue weighted by Gasteiger charge is -2.11. The van der Waals surface area contributed by atoms with Gasteiger partial charge in [-0.2, -0.15) is 5.26 Å². The Bertz CT molecular complexity index is 628. The van der Waals surface area contributed by atoms with Crippen LogP contribution >= 0.6 is 0 Å². The molecular formula is C17H20N2O4.